The first-order valence-electron chi connectivity index (χ1n) is 13.1. The van der Waals surface area contributed by atoms with Gasteiger partial charge < -0.3 is 0 Å². The summed E-state index contributed by atoms with van der Waals surface area (Å²) in [5.74, 6) is 0.160. The van der Waals surface area contributed by atoms with Gasteiger partial charge in [-0.3, -0.25) is 4.79 Å². The Balaban J connectivity index is 1.49. The molecule has 2 N–H and O–H groups in total. The SMILES string of the molecule is CO[S+](N)c1ccc(Cc2c(-c3ccc(F)c(C4CCC4)c3)nn(-c3nc(C=O)cs3)c2CC2CC2)cc1F. The second-order valence-electron chi connectivity index (χ2n) is 10.3. The number of thiazole rings is 1. The highest BCUT2D eigenvalue weighted by molar-refractivity contribution is 7.90. The van der Waals surface area contributed by atoms with E-state index < -0.39 is 17.2 Å². The standard InChI is InChI=1S/C29H29F2N4O2S2/c1-37-39(32)27-10-7-18(12-25(27)31)11-23-26(13-17-5-6-17)35(29-33-21(15-36)16-38-29)34-28(23)20-8-9-24(30)22(14-20)19-3-2-4-19/h7-10,12,14-17,19H,2-6,11,13,32H2,1H3/q+1. The number of rotatable bonds is 10. The molecule has 2 aliphatic carbocycles. The lowest BCUT2D eigenvalue weighted by atomic mass is 9.79. The van der Waals surface area contributed by atoms with Gasteiger partial charge in [-0.2, -0.15) is 9.28 Å². The molecule has 4 aromatic rings. The Kier molecular flexibility index (Phi) is 7.37. The number of aromatic nitrogens is 3. The predicted molar refractivity (Wildman–Crippen MR) is 149 cm³/mol. The number of carbonyl (C=O) groups excluding carboxylic acids is 1. The smallest absolute Gasteiger partial charge is 0.278 e. The van der Waals surface area contributed by atoms with E-state index >= 15 is 4.39 Å². The van der Waals surface area contributed by atoms with Crippen LogP contribution in [0.3, 0.4) is 0 Å². The van der Waals surface area contributed by atoms with Crippen LogP contribution in [0.1, 0.15) is 70.9 Å². The summed E-state index contributed by atoms with van der Waals surface area (Å²) in [5, 5.41) is 13.3. The van der Waals surface area contributed by atoms with Gasteiger partial charge in [-0.1, -0.05) is 12.5 Å². The van der Waals surface area contributed by atoms with Crippen molar-refractivity contribution in [3.63, 3.8) is 0 Å². The van der Waals surface area contributed by atoms with E-state index in [9.17, 15) is 9.18 Å². The van der Waals surface area contributed by atoms with Gasteiger partial charge in [0.25, 0.3) is 11.4 Å². The molecular weight excluding hydrogens is 538 g/mol. The van der Waals surface area contributed by atoms with E-state index in [1.807, 2.05) is 16.8 Å². The third-order valence-corrected chi connectivity index (χ3v) is 9.63. The molecular formula is C29H29F2N4O2S2+. The van der Waals surface area contributed by atoms with Gasteiger partial charge in [0.1, 0.15) is 11.5 Å². The molecule has 0 spiro atoms. The Morgan fingerprint density at radius 3 is 2.62 bits per heavy atom. The molecule has 1 unspecified atom stereocenters. The van der Waals surface area contributed by atoms with Crippen molar-refractivity contribution in [2.75, 3.05) is 7.11 Å². The topological polar surface area (TPSA) is 83.0 Å². The highest BCUT2D eigenvalue weighted by atomic mass is 32.2. The van der Waals surface area contributed by atoms with Gasteiger partial charge >= 0.3 is 0 Å². The molecule has 6 nitrogen and oxygen atoms in total. The van der Waals surface area contributed by atoms with E-state index in [1.165, 1.54) is 30.6 Å². The molecule has 202 valence electrons. The molecule has 2 aromatic carbocycles. The van der Waals surface area contributed by atoms with E-state index in [-0.39, 0.29) is 11.7 Å². The minimum Gasteiger partial charge on any atom is -0.296 e. The van der Waals surface area contributed by atoms with E-state index in [0.717, 1.165) is 78.5 Å². The van der Waals surface area contributed by atoms with Crippen LogP contribution in [0, 0.1) is 17.6 Å². The highest BCUT2D eigenvalue weighted by Gasteiger charge is 2.31. The summed E-state index contributed by atoms with van der Waals surface area (Å²) in [6, 6.07) is 10.3. The molecule has 2 fully saturated rings. The summed E-state index contributed by atoms with van der Waals surface area (Å²) in [5.41, 5.74) is 5.37. The van der Waals surface area contributed by atoms with Gasteiger partial charge in [-0.05, 0) is 79.3 Å². The maximum Gasteiger partial charge on any atom is 0.278 e. The Morgan fingerprint density at radius 1 is 1.15 bits per heavy atom. The first-order valence-corrected chi connectivity index (χ1v) is 15.2. The minimum atomic E-state index is -1.13. The molecule has 2 aliphatic rings. The molecule has 2 aromatic heterocycles. The van der Waals surface area contributed by atoms with Crippen molar-refractivity contribution in [3.8, 4) is 16.4 Å². The van der Waals surface area contributed by atoms with Crippen LogP contribution in [-0.2, 0) is 28.4 Å². The van der Waals surface area contributed by atoms with Crippen molar-refractivity contribution in [3.05, 3.63) is 81.5 Å². The zero-order chi connectivity index (χ0) is 27.1. The summed E-state index contributed by atoms with van der Waals surface area (Å²) in [4.78, 5) is 16.2. The van der Waals surface area contributed by atoms with Gasteiger partial charge in [0.15, 0.2) is 12.1 Å². The molecule has 0 aliphatic heterocycles. The van der Waals surface area contributed by atoms with Gasteiger partial charge in [0.2, 0.25) is 10.0 Å². The molecule has 2 saturated carbocycles. The predicted octanol–water partition coefficient (Wildman–Crippen LogP) is 6.31. The third-order valence-electron chi connectivity index (χ3n) is 7.67. The van der Waals surface area contributed by atoms with Crippen LogP contribution < -0.4 is 5.14 Å². The number of benzene rings is 2. The fourth-order valence-corrected chi connectivity index (χ4v) is 6.50. The minimum absolute atomic E-state index is 0.189. The molecule has 2 heterocycles. The lowest BCUT2D eigenvalue weighted by Crippen LogP contribution is -2.17. The molecule has 0 radical (unpaired) electrons. The Morgan fingerprint density at radius 2 is 1.97 bits per heavy atom. The molecule has 6 rings (SSSR count). The Hall–Kier alpha value is -2.92. The van der Waals surface area contributed by atoms with Crippen molar-refractivity contribution in [1.29, 1.82) is 0 Å². The number of carbonyl (C=O) groups is 1. The number of hydrogen-bond acceptors (Lipinski definition) is 6. The molecule has 1 atom stereocenters. The summed E-state index contributed by atoms with van der Waals surface area (Å²) in [6.07, 6.45) is 7.31. The summed E-state index contributed by atoms with van der Waals surface area (Å²) in [6.45, 7) is 0. The maximum atomic E-state index is 15.0. The monoisotopic (exact) mass is 567 g/mol. The van der Waals surface area contributed by atoms with Crippen molar-refractivity contribution < 1.29 is 17.8 Å². The number of halogens is 2. The maximum absolute atomic E-state index is 15.0. The van der Waals surface area contributed by atoms with Crippen molar-refractivity contribution in [2.24, 2.45) is 11.1 Å². The summed E-state index contributed by atoms with van der Waals surface area (Å²) >= 11 is 0.225. The van der Waals surface area contributed by atoms with Gasteiger partial charge in [-0.25, -0.2) is 18.4 Å². The number of nitrogens with zero attached hydrogens (tertiary/aromatic N) is 3. The second-order valence-corrected chi connectivity index (χ2v) is 12.5. The quantitative estimate of drug-likeness (QED) is 0.179. The highest BCUT2D eigenvalue weighted by Crippen LogP contribution is 2.41. The molecule has 0 saturated heterocycles. The van der Waals surface area contributed by atoms with Gasteiger partial charge in [0.05, 0.1) is 18.5 Å². The largest absolute Gasteiger partial charge is 0.296 e. The molecule has 10 heteroatoms. The number of hydrogen-bond donors (Lipinski definition) is 1. The van der Waals surface area contributed by atoms with E-state index in [0.29, 0.717) is 28.1 Å². The lowest BCUT2D eigenvalue weighted by molar-refractivity contribution is 0.111. The summed E-state index contributed by atoms with van der Waals surface area (Å²) in [7, 11) is 1.45. The van der Waals surface area contributed by atoms with Crippen molar-refractivity contribution in [1.82, 2.24) is 14.8 Å². The Labute approximate surface area is 232 Å². The van der Waals surface area contributed by atoms with E-state index in [1.54, 1.807) is 17.5 Å². The van der Waals surface area contributed by atoms with Crippen molar-refractivity contribution >= 4 is 29.0 Å². The van der Waals surface area contributed by atoms with Crippen LogP contribution in [0.15, 0.2) is 46.7 Å². The van der Waals surface area contributed by atoms with Gasteiger partial charge in [0, 0.05) is 29.0 Å². The van der Waals surface area contributed by atoms with Crippen molar-refractivity contribution in [2.45, 2.75) is 55.8 Å². The molecule has 39 heavy (non-hydrogen) atoms. The van der Waals surface area contributed by atoms with E-state index in [2.05, 4.69) is 4.98 Å². The molecule has 0 bridgehead atoms. The van der Waals surface area contributed by atoms with Crippen LogP contribution in [0.5, 0.6) is 0 Å². The first-order chi connectivity index (χ1) is 18.9. The fraction of sp³-hybridized carbons (Fsp3) is 0.345. The second kappa shape index (κ2) is 10.9. The van der Waals surface area contributed by atoms with Gasteiger partial charge in [-0.15, -0.1) is 16.5 Å². The number of aldehydes is 1. The average molecular weight is 568 g/mol. The molecule has 0 amide bonds. The fourth-order valence-electron chi connectivity index (χ4n) is 5.13. The Bertz CT molecular complexity index is 1530. The number of nitrogens with two attached hydrogens (primary N) is 1. The van der Waals surface area contributed by atoms with Crippen LogP contribution in [-0.4, -0.2) is 28.2 Å². The van der Waals surface area contributed by atoms with Crippen LogP contribution >= 0.6 is 11.3 Å². The van der Waals surface area contributed by atoms with E-state index in [4.69, 9.17) is 14.4 Å². The van der Waals surface area contributed by atoms with Crippen LogP contribution in [0.2, 0.25) is 0 Å². The normalized spacial score (nSPS) is 16.3. The zero-order valence-corrected chi connectivity index (χ0v) is 23.2. The third kappa shape index (κ3) is 5.30. The zero-order valence-electron chi connectivity index (χ0n) is 21.5. The lowest BCUT2D eigenvalue weighted by Gasteiger charge is -2.26. The average Bonchev–Trinajstić information content (AvgIpc) is 3.48. The first kappa shape index (κ1) is 26.3. The van der Waals surface area contributed by atoms with Crippen LogP contribution in [0.4, 0.5) is 8.78 Å². The summed E-state index contributed by atoms with van der Waals surface area (Å²) < 4.78 is 36.8. The van der Waals surface area contributed by atoms with Crippen LogP contribution in [0.25, 0.3) is 16.4 Å².